The van der Waals surface area contributed by atoms with Crippen LogP contribution < -0.4 is 15.4 Å². The van der Waals surface area contributed by atoms with Crippen molar-refractivity contribution < 1.29 is 18.3 Å². The molecule has 27 heavy (non-hydrogen) atoms. The highest BCUT2D eigenvalue weighted by molar-refractivity contribution is 7.10. The lowest BCUT2D eigenvalue weighted by molar-refractivity contribution is 0.251. The van der Waals surface area contributed by atoms with Gasteiger partial charge in [0.1, 0.15) is 23.2 Å². The fourth-order valence-corrected chi connectivity index (χ4v) is 2.90. The van der Waals surface area contributed by atoms with Crippen LogP contribution in [-0.4, -0.2) is 42.5 Å². The van der Waals surface area contributed by atoms with Gasteiger partial charge in [0.25, 0.3) is 0 Å². The van der Waals surface area contributed by atoms with Gasteiger partial charge in [-0.1, -0.05) is 0 Å². The van der Waals surface area contributed by atoms with Crippen molar-refractivity contribution in [2.75, 3.05) is 32.5 Å². The predicted molar refractivity (Wildman–Crippen MR) is 102 cm³/mol. The quantitative estimate of drug-likeness (QED) is 0.631. The molecule has 1 aromatic heterocycles. The largest absolute Gasteiger partial charge is 0.472 e. The number of hydrogen-bond acceptors (Lipinski definition) is 5. The third-order valence-corrected chi connectivity index (χ3v) is 4.38. The summed E-state index contributed by atoms with van der Waals surface area (Å²) in [7, 11) is 4.01. The number of carbonyl (C=O) groups excluding carboxylic acids is 1. The van der Waals surface area contributed by atoms with Crippen LogP contribution >= 0.6 is 11.5 Å². The maximum atomic E-state index is 13.8. The van der Waals surface area contributed by atoms with Crippen molar-refractivity contribution in [3.8, 4) is 5.88 Å². The van der Waals surface area contributed by atoms with Gasteiger partial charge in [-0.3, -0.25) is 5.32 Å². The number of aryl methyl sites for hydroxylation is 1. The van der Waals surface area contributed by atoms with Gasteiger partial charge in [0, 0.05) is 12.6 Å². The number of rotatable bonds is 9. The minimum absolute atomic E-state index is 0.154. The molecule has 0 fully saturated rings. The summed E-state index contributed by atoms with van der Waals surface area (Å²) in [6, 6.07) is 3.68. The van der Waals surface area contributed by atoms with Crippen LogP contribution in [0.1, 0.15) is 24.0 Å². The van der Waals surface area contributed by atoms with Gasteiger partial charge in [-0.25, -0.2) is 13.6 Å². The lowest BCUT2D eigenvalue weighted by atomic mass is 10.1. The minimum Gasteiger partial charge on any atom is -0.472 e. The van der Waals surface area contributed by atoms with Crippen molar-refractivity contribution in [3.05, 3.63) is 41.0 Å². The van der Waals surface area contributed by atoms with Crippen molar-refractivity contribution >= 4 is 22.6 Å². The molecule has 148 valence electrons. The number of benzene rings is 1. The van der Waals surface area contributed by atoms with Crippen molar-refractivity contribution in [1.29, 1.82) is 0 Å². The van der Waals surface area contributed by atoms with E-state index < -0.39 is 11.6 Å². The van der Waals surface area contributed by atoms with Gasteiger partial charge in [0.15, 0.2) is 0 Å². The molecule has 2 aromatic rings. The molecule has 2 amide bonds. The molecule has 2 N–H and O–H groups in total. The number of aromatic nitrogens is 1. The third kappa shape index (κ3) is 7.10. The lowest BCUT2D eigenvalue weighted by Crippen LogP contribution is -2.29. The lowest BCUT2D eigenvalue weighted by Gasteiger charge is -2.09. The summed E-state index contributed by atoms with van der Waals surface area (Å²) in [6.45, 7) is 2.89. The summed E-state index contributed by atoms with van der Waals surface area (Å²) in [4.78, 5) is 13.9. The number of ether oxygens (including phenoxy) is 1. The maximum absolute atomic E-state index is 13.8. The molecule has 0 saturated carbocycles. The zero-order valence-electron chi connectivity index (χ0n) is 15.6. The fraction of sp³-hybridized carbons (Fsp3) is 0.444. The molecule has 0 atom stereocenters. The Hall–Kier alpha value is -2.26. The Morgan fingerprint density at radius 1 is 1.22 bits per heavy atom. The van der Waals surface area contributed by atoms with Crippen molar-refractivity contribution in [1.82, 2.24) is 14.6 Å². The zero-order valence-corrected chi connectivity index (χ0v) is 16.5. The molecule has 6 nitrogen and oxygen atoms in total. The number of amides is 2. The zero-order chi connectivity index (χ0) is 19.8. The molecule has 1 heterocycles. The van der Waals surface area contributed by atoms with E-state index in [0.717, 1.165) is 30.9 Å². The number of carbonyl (C=O) groups is 1. The Labute approximate surface area is 161 Å². The maximum Gasteiger partial charge on any atom is 0.319 e. The molecule has 0 radical (unpaired) electrons. The number of hydrogen-bond donors (Lipinski definition) is 2. The highest BCUT2D eigenvalue weighted by Gasteiger charge is 2.12. The van der Waals surface area contributed by atoms with Gasteiger partial charge in [-0.05, 0) is 69.6 Å². The number of anilines is 1. The second kappa shape index (κ2) is 10.2. The van der Waals surface area contributed by atoms with Gasteiger partial charge in [0.2, 0.25) is 5.88 Å². The summed E-state index contributed by atoms with van der Waals surface area (Å²) in [5.41, 5.74) is 0.347. The number of nitrogens with one attached hydrogen (secondary N) is 2. The van der Waals surface area contributed by atoms with Crippen molar-refractivity contribution in [2.24, 2.45) is 0 Å². The van der Waals surface area contributed by atoms with Crippen LogP contribution in [0.5, 0.6) is 5.88 Å². The van der Waals surface area contributed by atoms with E-state index in [1.54, 1.807) is 6.92 Å². The first-order chi connectivity index (χ1) is 12.8. The van der Waals surface area contributed by atoms with Crippen LogP contribution in [0, 0.1) is 18.6 Å². The number of unbranched alkanes of at least 4 members (excludes halogenated alkanes) is 1. The van der Waals surface area contributed by atoms with E-state index in [9.17, 15) is 13.6 Å². The monoisotopic (exact) mass is 398 g/mol. The van der Waals surface area contributed by atoms with Crippen LogP contribution in [-0.2, 0) is 6.61 Å². The molecule has 0 spiro atoms. The van der Waals surface area contributed by atoms with E-state index >= 15 is 0 Å². The van der Waals surface area contributed by atoms with Crippen molar-refractivity contribution in [3.63, 3.8) is 0 Å². The van der Waals surface area contributed by atoms with Crippen molar-refractivity contribution in [2.45, 2.75) is 26.4 Å². The average molecular weight is 398 g/mol. The second-order valence-corrected chi connectivity index (χ2v) is 7.22. The van der Waals surface area contributed by atoms with Crippen LogP contribution in [0.3, 0.4) is 0 Å². The Morgan fingerprint density at radius 2 is 1.93 bits per heavy atom. The highest BCUT2D eigenvalue weighted by atomic mass is 32.1. The van der Waals surface area contributed by atoms with Crippen LogP contribution in [0.25, 0.3) is 0 Å². The molecule has 0 aliphatic heterocycles. The highest BCUT2D eigenvalue weighted by Crippen LogP contribution is 2.23. The van der Waals surface area contributed by atoms with Crippen LogP contribution in [0.4, 0.5) is 18.6 Å². The smallest absolute Gasteiger partial charge is 0.319 e. The second-order valence-electron chi connectivity index (χ2n) is 6.42. The third-order valence-electron chi connectivity index (χ3n) is 3.69. The molecular formula is C18H24F2N4O2S. The summed E-state index contributed by atoms with van der Waals surface area (Å²) in [5.74, 6) is -1.12. The van der Waals surface area contributed by atoms with E-state index in [4.69, 9.17) is 4.74 Å². The van der Waals surface area contributed by atoms with Gasteiger partial charge >= 0.3 is 6.03 Å². The first-order valence-electron chi connectivity index (χ1n) is 8.59. The Morgan fingerprint density at radius 3 is 2.59 bits per heavy atom. The van der Waals surface area contributed by atoms with Gasteiger partial charge in [0.05, 0.1) is 5.56 Å². The Kier molecular flexibility index (Phi) is 7.93. The molecule has 0 aliphatic rings. The molecule has 1 aromatic carbocycles. The fourth-order valence-electron chi connectivity index (χ4n) is 2.31. The SMILES string of the molecule is Cc1cc(F)c(COc2cc(NC(=O)NCCCCN(C)C)sn2)c(F)c1. The molecule has 2 rings (SSSR count). The van der Waals surface area contributed by atoms with Crippen LogP contribution in [0.2, 0.25) is 0 Å². The van der Waals surface area contributed by atoms with E-state index in [-0.39, 0.29) is 24.1 Å². The summed E-state index contributed by atoms with van der Waals surface area (Å²) in [6.07, 6.45) is 1.88. The predicted octanol–water partition coefficient (Wildman–Crippen LogP) is 3.77. The topological polar surface area (TPSA) is 66.5 Å². The average Bonchev–Trinajstić information content (AvgIpc) is 3.00. The molecule has 0 unspecified atom stereocenters. The van der Waals surface area contributed by atoms with E-state index in [2.05, 4.69) is 19.9 Å². The molecule has 0 aliphatic carbocycles. The Balaban J connectivity index is 1.77. The first kappa shape index (κ1) is 21.0. The summed E-state index contributed by atoms with van der Waals surface area (Å²) >= 11 is 1.03. The Bertz CT molecular complexity index is 745. The van der Waals surface area contributed by atoms with Gasteiger partial charge < -0.3 is 15.0 Å². The van der Waals surface area contributed by atoms with Gasteiger partial charge in [-0.2, -0.15) is 4.37 Å². The normalized spacial score (nSPS) is 10.9. The van der Waals surface area contributed by atoms with E-state index in [0.29, 0.717) is 17.1 Å². The van der Waals surface area contributed by atoms with E-state index in [1.807, 2.05) is 14.1 Å². The van der Waals surface area contributed by atoms with Crippen LogP contribution in [0.15, 0.2) is 18.2 Å². The number of urea groups is 1. The van der Waals surface area contributed by atoms with E-state index in [1.165, 1.54) is 18.2 Å². The standard InChI is InChI=1S/C18H24F2N4O2S/c1-12-8-14(19)13(15(20)9-12)11-26-16-10-17(27-23-16)22-18(25)21-6-4-5-7-24(2)3/h8-10H,4-7,11H2,1-3H3,(H2,21,22,25). The minimum atomic E-state index is -0.658. The summed E-state index contributed by atoms with van der Waals surface area (Å²) < 4.78 is 37.0. The molecule has 9 heteroatoms. The molecule has 0 bridgehead atoms. The van der Waals surface area contributed by atoms with Gasteiger partial charge in [-0.15, -0.1) is 0 Å². The number of halogens is 2. The number of nitrogens with zero attached hydrogens (tertiary/aromatic N) is 2. The molecule has 0 saturated heterocycles. The molecular weight excluding hydrogens is 374 g/mol. The first-order valence-corrected chi connectivity index (χ1v) is 9.36. The summed E-state index contributed by atoms with van der Waals surface area (Å²) in [5, 5.41) is 5.91.